The smallest absolute Gasteiger partial charge is 0.305 e. The second kappa shape index (κ2) is 6.90. The van der Waals surface area contributed by atoms with Crippen LogP contribution in [0, 0.1) is 11.3 Å². The van der Waals surface area contributed by atoms with Crippen molar-refractivity contribution in [2.75, 3.05) is 18.5 Å². The minimum atomic E-state index is -0.184. The predicted octanol–water partition coefficient (Wildman–Crippen LogP) is 2.20. The number of carbonyl (C=O) groups is 1. The number of esters is 1. The number of nitrogens with one attached hydrogen (secondary N) is 1. The van der Waals surface area contributed by atoms with Crippen molar-refractivity contribution < 1.29 is 9.53 Å². The van der Waals surface area contributed by atoms with Gasteiger partial charge in [0.15, 0.2) is 0 Å². The monoisotopic (exact) mass is 273 g/mol. The Morgan fingerprint density at radius 2 is 2.40 bits per heavy atom. The highest BCUT2D eigenvalue weighted by atomic mass is 16.5. The Morgan fingerprint density at radius 1 is 1.55 bits per heavy atom. The summed E-state index contributed by atoms with van der Waals surface area (Å²) in [7, 11) is 0. The number of aryl methyl sites for hydroxylation is 2. The molecule has 0 saturated heterocycles. The molecule has 106 valence electrons. The fourth-order valence-electron chi connectivity index (χ4n) is 2.36. The van der Waals surface area contributed by atoms with Crippen molar-refractivity contribution in [3.8, 4) is 6.07 Å². The van der Waals surface area contributed by atoms with Crippen LogP contribution in [0.25, 0.3) is 0 Å². The number of fused-ring (bicyclic) bond motifs is 1. The van der Waals surface area contributed by atoms with E-state index in [-0.39, 0.29) is 5.97 Å². The van der Waals surface area contributed by atoms with E-state index >= 15 is 0 Å². The zero-order valence-electron chi connectivity index (χ0n) is 11.7. The Morgan fingerprint density at radius 3 is 3.15 bits per heavy atom. The van der Waals surface area contributed by atoms with Crippen LogP contribution in [-0.2, 0) is 22.4 Å². The molecule has 5 nitrogen and oxygen atoms in total. The van der Waals surface area contributed by atoms with Gasteiger partial charge < -0.3 is 10.1 Å². The number of ether oxygens (including phenoxy) is 1. The van der Waals surface area contributed by atoms with Gasteiger partial charge in [-0.1, -0.05) is 0 Å². The molecule has 0 amide bonds. The van der Waals surface area contributed by atoms with Gasteiger partial charge in [-0.25, -0.2) is 4.98 Å². The van der Waals surface area contributed by atoms with E-state index in [1.165, 1.54) is 5.56 Å². The molecule has 0 unspecified atom stereocenters. The number of nitriles is 1. The summed E-state index contributed by atoms with van der Waals surface area (Å²) in [4.78, 5) is 15.7. The SMILES string of the molecule is CCOC(=O)CCCNc1nc2c(cc1C#N)CCC2. The number of hydrogen-bond acceptors (Lipinski definition) is 5. The Labute approximate surface area is 119 Å². The summed E-state index contributed by atoms with van der Waals surface area (Å²) in [6.07, 6.45) is 4.16. The zero-order valence-corrected chi connectivity index (χ0v) is 11.7. The lowest BCUT2D eigenvalue weighted by atomic mass is 10.1. The first-order valence-corrected chi connectivity index (χ1v) is 7.07. The molecule has 0 atom stereocenters. The molecule has 0 spiro atoms. The van der Waals surface area contributed by atoms with E-state index < -0.39 is 0 Å². The summed E-state index contributed by atoms with van der Waals surface area (Å²) < 4.78 is 4.86. The molecule has 1 aliphatic carbocycles. The average Bonchev–Trinajstić information content (AvgIpc) is 2.90. The fourth-order valence-corrected chi connectivity index (χ4v) is 2.36. The highest BCUT2D eigenvalue weighted by Gasteiger charge is 2.16. The second-order valence-electron chi connectivity index (χ2n) is 4.79. The third-order valence-corrected chi connectivity index (χ3v) is 3.33. The maximum atomic E-state index is 11.2. The van der Waals surface area contributed by atoms with E-state index in [2.05, 4.69) is 16.4 Å². The van der Waals surface area contributed by atoms with Crippen LogP contribution in [0.4, 0.5) is 5.82 Å². The third-order valence-electron chi connectivity index (χ3n) is 3.33. The molecule has 0 bridgehead atoms. The highest BCUT2D eigenvalue weighted by molar-refractivity contribution is 5.69. The molecule has 20 heavy (non-hydrogen) atoms. The van der Waals surface area contributed by atoms with Gasteiger partial charge in [-0.3, -0.25) is 4.79 Å². The van der Waals surface area contributed by atoms with Gasteiger partial charge in [0.1, 0.15) is 11.9 Å². The van der Waals surface area contributed by atoms with Crippen molar-refractivity contribution in [3.05, 3.63) is 22.9 Å². The summed E-state index contributed by atoms with van der Waals surface area (Å²) in [5, 5.41) is 12.3. The molecule has 0 radical (unpaired) electrons. The van der Waals surface area contributed by atoms with E-state index in [1.54, 1.807) is 6.92 Å². The average molecular weight is 273 g/mol. The molecule has 0 aliphatic heterocycles. The molecule has 0 fully saturated rings. The van der Waals surface area contributed by atoms with Gasteiger partial charge in [0.2, 0.25) is 0 Å². The second-order valence-corrected chi connectivity index (χ2v) is 4.79. The molecule has 1 heterocycles. The lowest BCUT2D eigenvalue weighted by Gasteiger charge is -2.09. The highest BCUT2D eigenvalue weighted by Crippen LogP contribution is 2.24. The van der Waals surface area contributed by atoms with E-state index in [1.807, 2.05) is 6.07 Å². The third kappa shape index (κ3) is 3.47. The molecular formula is C15H19N3O2. The summed E-state index contributed by atoms with van der Waals surface area (Å²) in [6.45, 7) is 2.82. The topological polar surface area (TPSA) is 75.0 Å². The van der Waals surface area contributed by atoms with Gasteiger partial charge in [0.25, 0.3) is 0 Å². The molecule has 1 N–H and O–H groups in total. The predicted molar refractivity (Wildman–Crippen MR) is 75.3 cm³/mol. The molecule has 0 saturated carbocycles. The van der Waals surface area contributed by atoms with E-state index in [0.29, 0.717) is 37.4 Å². The van der Waals surface area contributed by atoms with Crippen LogP contribution >= 0.6 is 0 Å². The van der Waals surface area contributed by atoms with Crippen LogP contribution in [0.5, 0.6) is 0 Å². The van der Waals surface area contributed by atoms with Crippen LogP contribution in [0.3, 0.4) is 0 Å². The first-order valence-electron chi connectivity index (χ1n) is 7.07. The van der Waals surface area contributed by atoms with Crippen LogP contribution in [-0.4, -0.2) is 24.1 Å². The number of anilines is 1. The quantitative estimate of drug-likeness (QED) is 0.635. The van der Waals surface area contributed by atoms with Gasteiger partial charge in [0.05, 0.1) is 12.2 Å². The van der Waals surface area contributed by atoms with Crippen LogP contribution < -0.4 is 5.32 Å². The Kier molecular flexibility index (Phi) is 4.94. The molecule has 1 aromatic heterocycles. The van der Waals surface area contributed by atoms with Crippen molar-refractivity contribution in [1.29, 1.82) is 5.26 Å². The Hall–Kier alpha value is -2.09. The Bertz CT molecular complexity index is 535. The van der Waals surface area contributed by atoms with Gasteiger partial charge in [0, 0.05) is 18.7 Å². The summed E-state index contributed by atoms with van der Waals surface area (Å²) in [5.74, 6) is 0.453. The van der Waals surface area contributed by atoms with Crippen molar-refractivity contribution in [1.82, 2.24) is 4.98 Å². The lowest BCUT2D eigenvalue weighted by Crippen LogP contribution is -2.10. The number of rotatable bonds is 6. The number of carbonyl (C=O) groups excluding carboxylic acids is 1. The van der Waals surface area contributed by atoms with Crippen LogP contribution in [0.15, 0.2) is 6.07 Å². The standard InChI is InChI=1S/C15H19N3O2/c1-2-20-14(19)7-4-8-17-15-12(10-16)9-11-5-3-6-13(11)18-15/h9H,2-8H2,1H3,(H,17,18). The molecular weight excluding hydrogens is 254 g/mol. The van der Waals surface area contributed by atoms with Gasteiger partial charge >= 0.3 is 5.97 Å². The Balaban J connectivity index is 1.90. The zero-order chi connectivity index (χ0) is 14.4. The number of nitrogens with zero attached hydrogens (tertiary/aromatic N) is 2. The van der Waals surface area contributed by atoms with E-state index in [0.717, 1.165) is 25.0 Å². The van der Waals surface area contributed by atoms with Gasteiger partial charge in [-0.05, 0) is 44.2 Å². The normalized spacial score (nSPS) is 12.6. The first kappa shape index (κ1) is 14.3. The maximum Gasteiger partial charge on any atom is 0.305 e. The fraction of sp³-hybridized carbons (Fsp3) is 0.533. The number of hydrogen-bond donors (Lipinski definition) is 1. The van der Waals surface area contributed by atoms with E-state index in [9.17, 15) is 4.79 Å². The molecule has 2 rings (SSSR count). The van der Waals surface area contributed by atoms with Crippen molar-refractivity contribution >= 4 is 11.8 Å². The van der Waals surface area contributed by atoms with Crippen LogP contribution in [0.2, 0.25) is 0 Å². The first-order chi connectivity index (χ1) is 9.74. The number of pyridine rings is 1. The molecule has 1 aliphatic rings. The molecule has 1 aromatic rings. The van der Waals surface area contributed by atoms with E-state index in [4.69, 9.17) is 10.00 Å². The summed E-state index contributed by atoms with van der Waals surface area (Å²) in [5.41, 5.74) is 2.87. The number of aromatic nitrogens is 1. The van der Waals surface area contributed by atoms with Crippen LogP contribution in [0.1, 0.15) is 43.0 Å². The summed E-state index contributed by atoms with van der Waals surface area (Å²) in [6, 6.07) is 4.11. The van der Waals surface area contributed by atoms with Crippen molar-refractivity contribution in [2.24, 2.45) is 0 Å². The van der Waals surface area contributed by atoms with Crippen molar-refractivity contribution in [2.45, 2.75) is 39.0 Å². The molecule has 5 heteroatoms. The van der Waals surface area contributed by atoms with Gasteiger partial charge in [-0.2, -0.15) is 5.26 Å². The summed E-state index contributed by atoms with van der Waals surface area (Å²) >= 11 is 0. The minimum absolute atomic E-state index is 0.184. The van der Waals surface area contributed by atoms with Crippen molar-refractivity contribution in [3.63, 3.8) is 0 Å². The molecule has 0 aromatic carbocycles. The van der Waals surface area contributed by atoms with Gasteiger partial charge in [-0.15, -0.1) is 0 Å². The minimum Gasteiger partial charge on any atom is -0.466 e. The maximum absolute atomic E-state index is 11.2. The lowest BCUT2D eigenvalue weighted by molar-refractivity contribution is -0.143. The largest absolute Gasteiger partial charge is 0.466 e.